The van der Waals surface area contributed by atoms with E-state index in [1.54, 1.807) is 31.4 Å². The van der Waals surface area contributed by atoms with Crippen LogP contribution in [0.3, 0.4) is 0 Å². The Bertz CT molecular complexity index is 728. The van der Waals surface area contributed by atoms with Crippen molar-refractivity contribution in [3.63, 3.8) is 0 Å². The Morgan fingerprint density at radius 3 is 2.54 bits per heavy atom. The maximum absolute atomic E-state index is 12.2. The molecule has 0 bridgehead atoms. The number of hydrogen-bond acceptors (Lipinski definition) is 6. The molecule has 0 atom stereocenters. The molecule has 0 unspecified atom stereocenters. The van der Waals surface area contributed by atoms with Crippen LogP contribution in [0.4, 0.5) is 5.69 Å². The van der Waals surface area contributed by atoms with Crippen LogP contribution in [0, 0.1) is 5.92 Å². The summed E-state index contributed by atoms with van der Waals surface area (Å²) < 4.78 is 4.94. The van der Waals surface area contributed by atoms with Crippen molar-refractivity contribution in [2.45, 2.75) is 26.7 Å². The molecule has 1 aromatic heterocycles. The van der Waals surface area contributed by atoms with Crippen molar-refractivity contribution in [1.29, 1.82) is 0 Å². The molecule has 7 nitrogen and oxygen atoms in total. The topological polar surface area (TPSA) is 93.2 Å². The van der Waals surface area contributed by atoms with Gasteiger partial charge >= 0.3 is 0 Å². The summed E-state index contributed by atoms with van der Waals surface area (Å²) in [5.41, 5.74) is 1.14. The lowest BCUT2D eigenvalue weighted by Gasteiger charge is -2.06. The fourth-order valence-corrected chi connectivity index (χ4v) is 3.13. The van der Waals surface area contributed by atoms with E-state index in [1.165, 1.54) is 11.3 Å². The van der Waals surface area contributed by atoms with E-state index in [9.17, 15) is 9.59 Å². The number of amides is 2. The van der Waals surface area contributed by atoms with E-state index in [2.05, 4.69) is 34.7 Å². The highest BCUT2D eigenvalue weighted by molar-refractivity contribution is 7.13. The number of carbonyl (C=O) groups is 2. The molecule has 0 aliphatic rings. The first-order chi connectivity index (χ1) is 12.5. The fraction of sp³-hybridized carbons (Fsp3) is 0.444. The van der Waals surface area contributed by atoms with Crippen molar-refractivity contribution in [2.24, 2.45) is 5.92 Å². The molecular formula is C18H24N4O3S. The highest BCUT2D eigenvalue weighted by atomic mass is 32.1. The van der Waals surface area contributed by atoms with Crippen LogP contribution in [-0.4, -0.2) is 42.3 Å². The fourth-order valence-electron chi connectivity index (χ4n) is 2.19. The van der Waals surface area contributed by atoms with Gasteiger partial charge in [0.05, 0.1) is 0 Å². The maximum atomic E-state index is 12.2. The van der Waals surface area contributed by atoms with Crippen molar-refractivity contribution in [1.82, 2.24) is 15.5 Å². The van der Waals surface area contributed by atoms with E-state index >= 15 is 0 Å². The molecule has 0 aliphatic carbocycles. The summed E-state index contributed by atoms with van der Waals surface area (Å²) in [5, 5.41) is 14.8. The second-order valence-corrected chi connectivity index (χ2v) is 7.29. The van der Waals surface area contributed by atoms with Gasteiger partial charge in [-0.05, 0) is 36.6 Å². The van der Waals surface area contributed by atoms with Crippen LogP contribution < -0.4 is 10.6 Å². The number of anilines is 1. The molecule has 8 heteroatoms. The molecule has 1 aromatic carbocycles. The first kappa shape index (κ1) is 20.0. The first-order valence-corrected chi connectivity index (χ1v) is 9.32. The predicted octanol–water partition coefficient (Wildman–Crippen LogP) is 2.76. The normalized spacial score (nSPS) is 10.8. The summed E-state index contributed by atoms with van der Waals surface area (Å²) in [4.78, 5) is 24.2. The lowest BCUT2D eigenvalue weighted by Crippen LogP contribution is -2.25. The molecule has 0 aliphatic heterocycles. The Morgan fingerprint density at radius 2 is 1.88 bits per heavy atom. The largest absolute Gasteiger partial charge is 0.385 e. The van der Waals surface area contributed by atoms with Gasteiger partial charge in [0.25, 0.3) is 11.8 Å². The summed E-state index contributed by atoms with van der Waals surface area (Å²) in [7, 11) is 1.63. The van der Waals surface area contributed by atoms with E-state index in [0.717, 1.165) is 17.8 Å². The van der Waals surface area contributed by atoms with Gasteiger partial charge in [0.2, 0.25) is 5.01 Å². The molecular weight excluding hydrogens is 352 g/mol. The van der Waals surface area contributed by atoms with E-state index in [0.29, 0.717) is 35.3 Å². The number of benzene rings is 1. The average Bonchev–Trinajstić information content (AvgIpc) is 3.07. The highest BCUT2D eigenvalue weighted by Crippen LogP contribution is 2.16. The van der Waals surface area contributed by atoms with Crippen molar-refractivity contribution in [3.05, 3.63) is 39.8 Å². The highest BCUT2D eigenvalue weighted by Gasteiger charge is 2.14. The number of nitrogens with zero attached hydrogens (tertiary/aromatic N) is 2. The molecule has 140 valence electrons. The predicted molar refractivity (Wildman–Crippen MR) is 102 cm³/mol. The summed E-state index contributed by atoms with van der Waals surface area (Å²) in [6, 6.07) is 6.73. The third-order valence-electron chi connectivity index (χ3n) is 3.46. The van der Waals surface area contributed by atoms with E-state index in [1.807, 2.05) is 0 Å². The SMILES string of the molecule is COCCCNC(=O)c1ccc(NC(=O)c2nnc(CC(C)C)s2)cc1. The Kier molecular flexibility index (Phi) is 7.68. The minimum absolute atomic E-state index is 0.151. The molecule has 2 N–H and O–H groups in total. The Hall–Kier alpha value is -2.32. The van der Waals surface area contributed by atoms with E-state index in [4.69, 9.17) is 4.74 Å². The van der Waals surface area contributed by atoms with Crippen LogP contribution >= 0.6 is 11.3 Å². The van der Waals surface area contributed by atoms with Crippen LogP contribution in [0.15, 0.2) is 24.3 Å². The van der Waals surface area contributed by atoms with Crippen LogP contribution in [0.2, 0.25) is 0 Å². The van der Waals surface area contributed by atoms with Crippen molar-refractivity contribution < 1.29 is 14.3 Å². The first-order valence-electron chi connectivity index (χ1n) is 8.50. The molecule has 0 spiro atoms. The minimum atomic E-state index is -0.297. The van der Waals surface area contributed by atoms with Gasteiger partial charge in [0.1, 0.15) is 5.01 Å². The van der Waals surface area contributed by atoms with Crippen LogP contribution in [-0.2, 0) is 11.2 Å². The average molecular weight is 376 g/mol. The number of rotatable bonds is 9. The van der Waals surface area contributed by atoms with Gasteiger partial charge in [0.15, 0.2) is 0 Å². The van der Waals surface area contributed by atoms with Crippen LogP contribution in [0.25, 0.3) is 0 Å². The summed E-state index contributed by atoms with van der Waals surface area (Å²) >= 11 is 1.30. The Labute approximate surface area is 157 Å². The Balaban J connectivity index is 1.89. The van der Waals surface area contributed by atoms with E-state index < -0.39 is 0 Å². The summed E-state index contributed by atoms with van der Waals surface area (Å²) in [6.45, 7) is 5.35. The Morgan fingerprint density at radius 1 is 1.15 bits per heavy atom. The standard InChI is InChI=1S/C18H24N4O3S/c1-12(2)11-15-21-22-18(26-15)17(24)20-14-7-5-13(6-8-14)16(23)19-9-4-10-25-3/h5-8,12H,4,9-11H2,1-3H3,(H,19,23)(H,20,24). The zero-order valence-electron chi connectivity index (χ0n) is 15.2. The van der Waals surface area contributed by atoms with Crippen LogP contribution in [0.1, 0.15) is 45.4 Å². The number of methoxy groups -OCH3 is 1. The molecule has 0 saturated carbocycles. The second-order valence-electron chi connectivity index (χ2n) is 6.23. The lowest BCUT2D eigenvalue weighted by molar-refractivity contribution is 0.0948. The molecule has 26 heavy (non-hydrogen) atoms. The molecule has 0 saturated heterocycles. The van der Waals surface area contributed by atoms with Gasteiger partial charge < -0.3 is 15.4 Å². The molecule has 2 aromatic rings. The molecule has 2 rings (SSSR count). The molecule has 0 radical (unpaired) electrons. The van der Waals surface area contributed by atoms with Crippen molar-refractivity contribution in [3.8, 4) is 0 Å². The monoisotopic (exact) mass is 376 g/mol. The zero-order chi connectivity index (χ0) is 18.9. The second kappa shape index (κ2) is 9.98. The third-order valence-corrected chi connectivity index (χ3v) is 4.40. The summed E-state index contributed by atoms with van der Waals surface area (Å²) in [5.74, 6) is 0.0164. The number of nitrogens with one attached hydrogen (secondary N) is 2. The van der Waals surface area contributed by atoms with Crippen LogP contribution in [0.5, 0.6) is 0 Å². The van der Waals surface area contributed by atoms with Gasteiger partial charge in [-0.15, -0.1) is 10.2 Å². The third kappa shape index (κ3) is 6.20. The number of ether oxygens (including phenoxy) is 1. The lowest BCUT2D eigenvalue weighted by atomic mass is 10.1. The quantitative estimate of drug-likeness (QED) is 0.657. The van der Waals surface area contributed by atoms with Crippen molar-refractivity contribution >= 4 is 28.8 Å². The smallest absolute Gasteiger partial charge is 0.286 e. The van der Waals surface area contributed by atoms with Gasteiger partial charge in [-0.2, -0.15) is 0 Å². The number of carbonyl (C=O) groups excluding carboxylic acids is 2. The molecule has 2 amide bonds. The zero-order valence-corrected chi connectivity index (χ0v) is 16.1. The minimum Gasteiger partial charge on any atom is -0.385 e. The molecule has 1 heterocycles. The van der Waals surface area contributed by atoms with Gasteiger partial charge in [-0.25, -0.2) is 0 Å². The number of hydrogen-bond donors (Lipinski definition) is 2. The van der Waals surface area contributed by atoms with Crippen molar-refractivity contribution in [2.75, 3.05) is 25.6 Å². The van der Waals surface area contributed by atoms with Gasteiger partial charge in [0, 0.05) is 37.9 Å². The number of aromatic nitrogens is 2. The van der Waals surface area contributed by atoms with E-state index in [-0.39, 0.29) is 11.8 Å². The molecule has 0 fully saturated rings. The van der Waals surface area contributed by atoms with Gasteiger partial charge in [-0.1, -0.05) is 25.2 Å². The summed E-state index contributed by atoms with van der Waals surface area (Å²) in [6.07, 6.45) is 1.57. The maximum Gasteiger partial charge on any atom is 0.286 e. The van der Waals surface area contributed by atoms with Gasteiger partial charge in [-0.3, -0.25) is 9.59 Å².